The van der Waals surface area contributed by atoms with E-state index in [0.717, 1.165) is 16.0 Å². The summed E-state index contributed by atoms with van der Waals surface area (Å²) < 4.78 is 27.8. The van der Waals surface area contributed by atoms with Crippen LogP contribution < -0.4 is 5.32 Å². The molecule has 0 unspecified atom stereocenters. The third-order valence-corrected chi connectivity index (χ3v) is 7.39. The Bertz CT molecular complexity index is 1150. The van der Waals surface area contributed by atoms with Crippen molar-refractivity contribution in [3.8, 4) is 0 Å². The molecule has 0 aromatic heterocycles. The van der Waals surface area contributed by atoms with Crippen LogP contribution in [-0.4, -0.2) is 31.4 Å². The fourth-order valence-electron chi connectivity index (χ4n) is 2.94. The lowest BCUT2D eigenvalue weighted by Crippen LogP contribution is -2.37. The van der Waals surface area contributed by atoms with E-state index in [1.165, 1.54) is 28.6 Å². The molecule has 0 fully saturated rings. The second-order valence-corrected chi connectivity index (χ2v) is 10.2. The van der Waals surface area contributed by atoms with Gasteiger partial charge in [0.25, 0.3) is 0 Å². The number of sulfonamides is 1. The maximum absolute atomic E-state index is 13.3. The molecule has 0 saturated carbocycles. The third kappa shape index (κ3) is 6.33. The zero-order valence-electron chi connectivity index (χ0n) is 17.2. The first-order chi connectivity index (χ1) is 14.8. The first kappa shape index (κ1) is 23.3. The van der Waals surface area contributed by atoms with E-state index in [1.54, 1.807) is 17.8 Å². The van der Waals surface area contributed by atoms with E-state index < -0.39 is 15.9 Å². The average molecular weight is 475 g/mol. The number of amides is 1. The fraction of sp³-hybridized carbons (Fsp3) is 0.174. The maximum atomic E-state index is 13.3. The van der Waals surface area contributed by atoms with Crippen LogP contribution >= 0.6 is 23.4 Å². The number of thioether (sulfide) groups is 1. The Labute approximate surface area is 192 Å². The minimum Gasteiger partial charge on any atom is -0.325 e. The van der Waals surface area contributed by atoms with Crippen molar-refractivity contribution in [2.45, 2.75) is 23.3 Å². The number of hydrogen-bond acceptors (Lipinski definition) is 4. The van der Waals surface area contributed by atoms with Gasteiger partial charge in [0.05, 0.1) is 11.4 Å². The summed E-state index contributed by atoms with van der Waals surface area (Å²) in [7, 11) is -3.92. The molecule has 0 aliphatic heterocycles. The van der Waals surface area contributed by atoms with Crippen LogP contribution in [0.4, 0.5) is 5.69 Å². The molecular formula is C23H23ClN2O3S2. The van der Waals surface area contributed by atoms with Gasteiger partial charge in [0.2, 0.25) is 15.9 Å². The highest BCUT2D eigenvalue weighted by Crippen LogP contribution is 2.22. The van der Waals surface area contributed by atoms with Crippen molar-refractivity contribution in [2.75, 3.05) is 18.1 Å². The van der Waals surface area contributed by atoms with Crippen molar-refractivity contribution in [1.82, 2.24) is 4.31 Å². The summed E-state index contributed by atoms with van der Waals surface area (Å²) >= 11 is 7.47. The van der Waals surface area contributed by atoms with Crippen LogP contribution in [0.1, 0.15) is 11.1 Å². The van der Waals surface area contributed by atoms with Crippen LogP contribution in [0, 0.1) is 6.92 Å². The highest BCUT2D eigenvalue weighted by atomic mass is 35.5. The highest BCUT2D eigenvalue weighted by molar-refractivity contribution is 7.98. The Kier molecular flexibility index (Phi) is 7.78. The topological polar surface area (TPSA) is 66.5 Å². The summed E-state index contributed by atoms with van der Waals surface area (Å²) in [5.74, 6) is -0.414. The normalized spacial score (nSPS) is 11.5. The quantitative estimate of drug-likeness (QED) is 0.455. The highest BCUT2D eigenvalue weighted by Gasteiger charge is 2.27. The van der Waals surface area contributed by atoms with Crippen molar-refractivity contribution in [3.05, 3.63) is 88.9 Å². The molecule has 0 heterocycles. The number of nitrogens with zero attached hydrogens (tertiary/aromatic N) is 1. The molecule has 0 atom stereocenters. The molecule has 162 valence electrons. The Morgan fingerprint density at radius 1 is 1.03 bits per heavy atom. The summed E-state index contributed by atoms with van der Waals surface area (Å²) in [5, 5.41) is 3.24. The second-order valence-electron chi connectivity index (χ2n) is 6.99. The van der Waals surface area contributed by atoms with Crippen LogP contribution in [-0.2, 0) is 21.4 Å². The number of carbonyl (C=O) groups is 1. The van der Waals surface area contributed by atoms with Gasteiger partial charge < -0.3 is 5.32 Å². The van der Waals surface area contributed by atoms with E-state index in [4.69, 9.17) is 11.6 Å². The predicted octanol–water partition coefficient (Wildman–Crippen LogP) is 5.20. The van der Waals surface area contributed by atoms with E-state index in [1.807, 2.05) is 55.6 Å². The molecular weight excluding hydrogens is 452 g/mol. The zero-order valence-corrected chi connectivity index (χ0v) is 19.6. The second kappa shape index (κ2) is 10.3. The first-order valence-corrected chi connectivity index (χ1v) is 12.6. The lowest BCUT2D eigenvalue weighted by atomic mass is 10.1. The molecule has 3 rings (SSSR count). The van der Waals surface area contributed by atoms with Gasteiger partial charge in [0.15, 0.2) is 0 Å². The molecule has 0 radical (unpaired) electrons. The molecule has 3 aromatic rings. The smallest absolute Gasteiger partial charge is 0.243 e. The molecule has 8 heteroatoms. The molecule has 3 aromatic carbocycles. The van der Waals surface area contributed by atoms with Gasteiger partial charge in [-0.1, -0.05) is 47.5 Å². The molecule has 0 aliphatic rings. The summed E-state index contributed by atoms with van der Waals surface area (Å²) in [5.41, 5.74) is 2.48. The van der Waals surface area contributed by atoms with Crippen molar-refractivity contribution in [1.29, 1.82) is 0 Å². The number of anilines is 1. The number of aryl methyl sites for hydroxylation is 1. The fourth-order valence-corrected chi connectivity index (χ4v) is 4.91. The van der Waals surface area contributed by atoms with Crippen LogP contribution in [0.25, 0.3) is 0 Å². The lowest BCUT2D eigenvalue weighted by Gasteiger charge is -2.22. The summed E-state index contributed by atoms with van der Waals surface area (Å²) in [6, 6.07) is 20.9. The number of benzene rings is 3. The zero-order chi connectivity index (χ0) is 22.4. The van der Waals surface area contributed by atoms with E-state index >= 15 is 0 Å². The lowest BCUT2D eigenvalue weighted by molar-refractivity contribution is -0.116. The minimum atomic E-state index is -3.92. The standard InChI is InChI=1S/C23H23ClN2O3S2/c1-17-6-8-18(9-7-17)15-26(31(28,29)22-12-10-19(24)11-13-22)16-23(27)25-20-4-3-5-21(14-20)30-2/h3-14H,15-16H2,1-2H3,(H,25,27). The van der Waals surface area contributed by atoms with Crippen molar-refractivity contribution < 1.29 is 13.2 Å². The molecule has 1 amide bonds. The Morgan fingerprint density at radius 3 is 2.35 bits per heavy atom. The van der Waals surface area contributed by atoms with E-state index in [-0.39, 0.29) is 18.0 Å². The van der Waals surface area contributed by atoms with Crippen molar-refractivity contribution in [3.63, 3.8) is 0 Å². The van der Waals surface area contributed by atoms with Gasteiger partial charge in [-0.15, -0.1) is 11.8 Å². The van der Waals surface area contributed by atoms with Gasteiger partial charge in [-0.2, -0.15) is 4.31 Å². The Balaban J connectivity index is 1.86. The van der Waals surface area contributed by atoms with E-state index in [2.05, 4.69) is 5.32 Å². The SMILES string of the molecule is CSc1cccc(NC(=O)CN(Cc2ccc(C)cc2)S(=O)(=O)c2ccc(Cl)cc2)c1. The molecule has 0 saturated heterocycles. The molecule has 0 aliphatic carbocycles. The van der Waals surface area contributed by atoms with Crippen LogP contribution in [0.3, 0.4) is 0 Å². The number of hydrogen-bond donors (Lipinski definition) is 1. The van der Waals surface area contributed by atoms with E-state index in [0.29, 0.717) is 10.7 Å². The monoisotopic (exact) mass is 474 g/mol. The number of rotatable bonds is 8. The Morgan fingerprint density at radius 2 is 1.71 bits per heavy atom. The van der Waals surface area contributed by atoms with Gasteiger partial charge in [-0.3, -0.25) is 4.79 Å². The third-order valence-electron chi connectivity index (χ3n) is 4.60. The van der Waals surface area contributed by atoms with Gasteiger partial charge in [-0.05, 0) is 61.2 Å². The van der Waals surface area contributed by atoms with Gasteiger partial charge in [0, 0.05) is 22.2 Å². The van der Waals surface area contributed by atoms with E-state index in [9.17, 15) is 13.2 Å². The van der Waals surface area contributed by atoms with Gasteiger partial charge >= 0.3 is 0 Å². The minimum absolute atomic E-state index is 0.0729. The molecule has 1 N–H and O–H groups in total. The molecule has 31 heavy (non-hydrogen) atoms. The Hall–Kier alpha value is -2.32. The van der Waals surface area contributed by atoms with Crippen LogP contribution in [0.2, 0.25) is 5.02 Å². The van der Waals surface area contributed by atoms with Crippen LogP contribution in [0.15, 0.2) is 82.6 Å². The number of carbonyl (C=O) groups excluding carboxylic acids is 1. The summed E-state index contributed by atoms with van der Waals surface area (Å²) in [4.78, 5) is 13.8. The average Bonchev–Trinajstić information content (AvgIpc) is 2.75. The summed E-state index contributed by atoms with van der Waals surface area (Å²) in [6.07, 6.45) is 1.95. The first-order valence-electron chi connectivity index (χ1n) is 9.53. The number of halogens is 1. The summed E-state index contributed by atoms with van der Waals surface area (Å²) in [6.45, 7) is 1.72. The molecule has 0 bridgehead atoms. The maximum Gasteiger partial charge on any atom is 0.243 e. The van der Waals surface area contributed by atoms with Crippen LogP contribution in [0.5, 0.6) is 0 Å². The van der Waals surface area contributed by atoms with Crippen molar-refractivity contribution in [2.24, 2.45) is 0 Å². The molecule has 5 nitrogen and oxygen atoms in total. The largest absolute Gasteiger partial charge is 0.325 e. The molecule has 0 spiro atoms. The van der Waals surface area contributed by atoms with Gasteiger partial charge in [-0.25, -0.2) is 8.42 Å². The predicted molar refractivity (Wildman–Crippen MR) is 127 cm³/mol. The number of nitrogens with one attached hydrogen (secondary N) is 1. The van der Waals surface area contributed by atoms with Gasteiger partial charge in [0.1, 0.15) is 0 Å². The van der Waals surface area contributed by atoms with Crippen molar-refractivity contribution >= 4 is 45.0 Å².